The topological polar surface area (TPSA) is 24.5 Å². The maximum absolute atomic E-state index is 5.61. The molecule has 1 heterocycles. The summed E-state index contributed by atoms with van der Waals surface area (Å²) in [6.07, 6.45) is 3.17. The van der Waals surface area contributed by atoms with E-state index >= 15 is 0 Å². The first-order valence-electron chi connectivity index (χ1n) is 6.85. The first kappa shape index (κ1) is 14.7. The predicted octanol–water partition coefficient (Wildman–Crippen LogP) is 1.90. The Kier molecular flexibility index (Phi) is 6.78. The SMILES string of the molecule is C=CCN(CC1COCC1NCCC)C(C)C. The van der Waals surface area contributed by atoms with Crippen LogP contribution < -0.4 is 5.32 Å². The van der Waals surface area contributed by atoms with Crippen molar-refractivity contribution >= 4 is 0 Å². The summed E-state index contributed by atoms with van der Waals surface area (Å²) in [5.74, 6) is 0.615. The number of nitrogens with zero attached hydrogens (tertiary/aromatic N) is 1. The van der Waals surface area contributed by atoms with E-state index in [1.165, 1.54) is 6.42 Å². The zero-order valence-corrected chi connectivity index (χ0v) is 11.6. The van der Waals surface area contributed by atoms with Crippen molar-refractivity contribution in [2.45, 2.75) is 39.3 Å². The van der Waals surface area contributed by atoms with E-state index in [1.54, 1.807) is 0 Å². The monoisotopic (exact) mass is 240 g/mol. The number of hydrogen-bond donors (Lipinski definition) is 1. The standard InChI is InChI=1S/C14H28N2O/c1-5-7-15-14-11-17-10-13(14)9-16(8-6-2)12(3)4/h6,12-15H,2,5,7-11H2,1,3-4H3. The first-order chi connectivity index (χ1) is 8.19. The number of rotatable bonds is 8. The van der Waals surface area contributed by atoms with Gasteiger partial charge in [0.1, 0.15) is 0 Å². The zero-order chi connectivity index (χ0) is 12.7. The molecule has 1 aliphatic rings. The predicted molar refractivity (Wildman–Crippen MR) is 73.3 cm³/mol. The van der Waals surface area contributed by atoms with E-state index in [2.05, 4.69) is 37.6 Å². The van der Waals surface area contributed by atoms with Gasteiger partial charge in [0.05, 0.1) is 13.2 Å². The Morgan fingerprint density at radius 2 is 2.24 bits per heavy atom. The lowest BCUT2D eigenvalue weighted by Gasteiger charge is -2.30. The molecule has 0 radical (unpaired) electrons. The molecule has 100 valence electrons. The minimum absolute atomic E-state index is 0.529. The van der Waals surface area contributed by atoms with Crippen molar-refractivity contribution in [1.82, 2.24) is 10.2 Å². The Bertz CT molecular complexity index is 218. The molecule has 2 atom stereocenters. The molecule has 1 aliphatic heterocycles. The van der Waals surface area contributed by atoms with Crippen LogP contribution in [0.3, 0.4) is 0 Å². The van der Waals surface area contributed by atoms with Gasteiger partial charge in [0, 0.05) is 31.1 Å². The maximum atomic E-state index is 5.61. The summed E-state index contributed by atoms with van der Waals surface area (Å²) in [5, 5.41) is 3.59. The van der Waals surface area contributed by atoms with Gasteiger partial charge in [-0.3, -0.25) is 4.90 Å². The van der Waals surface area contributed by atoms with E-state index in [0.29, 0.717) is 18.0 Å². The number of nitrogens with one attached hydrogen (secondary N) is 1. The van der Waals surface area contributed by atoms with Gasteiger partial charge in [-0.25, -0.2) is 0 Å². The van der Waals surface area contributed by atoms with Gasteiger partial charge in [-0.1, -0.05) is 13.0 Å². The Balaban J connectivity index is 2.43. The van der Waals surface area contributed by atoms with Crippen LogP contribution in [-0.2, 0) is 4.74 Å². The van der Waals surface area contributed by atoms with Crippen molar-refractivity contribution in [3.05, 3.63) is 12.7 Å². The van der Waals surface area contributed by atoms with Crippen LogP contribution in [0.5, 0.6) is 0 Å². The van der Waals surface area contributed by atoms with Crippen molar-refractivity contribution in [3.63, 3.8) is 0 Å². The van der Waals surface area contributed by atoms with Crippen molar-refractivity contribution < 1.29 is 4.74 Å². The quantitative estimate of drug-likeness (QED) is 0.656. The normalized spacial score (nSPS) is 24.8. The molecule has 0 saturated carbocycles. The smallest absolute Gasteiger partial charge is 0.0623 e. The van der Waals surface area contributed by atoms with Crippen LogP contribution in [0.25, 0.3) is 0 Å². The van der Waals surface area contributed by atoms with E-state index in [1.807, 2.05) is 6.08 Å². The minimum atomic E-state index is 0.529. The van der Waals surface area contributed by atoms with Crippen LogP contribution in [0.2, 0.25) is 0 Å². The molecule has 3 nitrogen and oxygen atoms in total. The maximum Gasteiger partial charge on any atom is 0.0623 e. The van der Waals surface area contributed by atoms with Crippen LogP contribution in [0, 0.1) is 5.92 Å². The van der Waals surface area contributed by atoms with Crippen molar-refractivity contribution in [2.24, 2.45) is 5.92 Å². The van der Waals surface area contributed by atoms with Crippen LogP contribution in [0.1, 0.15) is 27.2 Å². The van der Waals surface area contributed by atoms with E-state index in [9.17, 15) is 0 Å². The molecule has 2 unspecified atom stereocenters. The molecule has 1 fully saturated rings. The molecule has 17 heavy (non-hydrogen) atoms. The number of hydrogen-bond acceptors (Lipinski definition) is 3. The summed E-state index contributed by atoms with van der Waals surface area (Å²) < 4.78 is 5.61. The first-order valence-corrected chi connectivity index (χ1v) is 6.85. The van der Waals surface area contributed by atoms with E-state index in [-0.39, 0.29) is 0 Å². The third-order valence-corrected chi connectivity index (χ3v) is 3.42. The molecule has 1 saturated heterocycles. The largest absolute Gasteiger partial charge is 0.379 e. The highest BCUT2D eigenvalue weighted by Gasteiger charge is 2.29. The van der Waals surface area contributed by atoms with Gasteiger partial charge in [-0.15, -0.1) is 6.58 Å². The summed E-state index contributed by atoms with van der Waals surface area (Å²) in [4.78, 5) is 2.47. The molecule has 0 aliphatic carbocycles. The second-order valence-electron chi connectivity index (χ2n) is 5.19. The van der Waals surface area contributed by atoms with Gasteiger partial charge in [0.15, 0.2) is 0 Å². The van der Waals surface area contributed by atoms with E-state index in [0.717, 1.165) is 32.8 Å². The fraction of sp³-hybridized carbons (Fsp3) is 0.857. The molecule has 0 bridgehead atoms. The van der Waals surface area contributed by atoms with Gasteiger partial charge in [0.2, 0.25) is 0 Å². The van der Waals surface area contributed by atoms with Crippen molar-refractivity contribution in [2.75, 3.05) is 32.8 Å². The average molecular weight is 240 g/mol. The molecule has 0 aromatic rings. The zero-order valence-electron chi connectivity index (χ0n) is 11.6. The number of ether oxygens (including phenoxy) is 1. The molecule has 0 aromatic heterocycles. The van der Waals surface area contributed by atoms with Crippen molar-refractivity contribution in [3.8, 4) is 0 Å². The highest BCUT2D eigenvalue weighted by molar-refractivity contribution is 4.86. The summed E-state index contributed by atoms with van der Waals surface area (Å²) in [5.41, 5.74) is 0. The second kappa shape index (κ2) is 7.85. The van der Waals surface area contributed by atoms with Crippen LogP contribution in [-0.4, -0.2) is 49.8 Å². The van der Waals surface area contributed by atoms with Gasteiger partial charge in [-0.2, -0.15) is 0 Å². The Morgan fingerprint density at radius 1 is 1.47 bits per heavy atom. The Hall–Kier alpha value is -0.380. The molecule has 3 heteroatoms. The third-order valence-electron chi connectivity index (χ3n) is 3.42. The molecule has 1 rings (SSSR count). The van der Waals surface area contributed by atoms with Gasteiger partial charge < -0.3 is 10.1 Å². The van der Waals surface area contributed by atoms with Crippen molar-refractivity contribution in [1.29, 1.82) is 0 Å². The Morgan fingerprint density at radius 3 is 2.82 bits per heavy atom. The highest BCUT2D eigenvalue weighted by Crippen LogP contribution is 2.16. The third kappa shape index (κ3) is 4.78. The molecule has 0 amide bonds. The summed E-state index contributed by atoms with van der Waals surface area (Å²) in [6.45, 7) is 15.4. The highest BCUT2D eigenvalue weighted by atomic mass is 16.5. The summed E-state index contributed by atoms with van der Waals surface area (Å²) in [7, 11) is 0. The molecule has 0 spiro atoms. The lowest BCUT2D eigenvalue weighted by atomic mass is 10.0. The minimum Gasteiger partial charge on any atom is -0.379 e. The van der Waals surface area contributed by atoms with Gasteiger partial charge >= 0.3 is 0 Å². The van der Waals surface area contributed by atoms with Crippen LogP contribution >= 0.6 is 0 Å². The van der Waals surface area contributed by atoms with Crippen LogP contribution in [0.15, 0.2) is 12.7 Å². The van der Waals surface area contributed by atoms with E-state index in [4.69, 9.17) is 4.74 Å². The van der Waals surface area contributed by atoms with Gasteiger partial charge in [-0.05, 0) is 26.8 Å². The average Bonchev–Trinajstić information content (AvgIpc) is 2.73. The molecular formula is C14H28N2O. The lowest BCUT2D eigenvalue weighted by Crippen LogP contribution is -2.44. The fourth-order valence-corrected chi connectivity index (χ4v) is 2.30. The second-order valence-corrected chi connectivity index (χ2v) is 5.19. The molecule has 0 aromatic carbocycles. The summed E-state index contributed by atoms with van der Waals surface area (Å²) >= 11 is 0. The molecular weight excluding hydrogens is 212 g/mol. The summed E-state index contributed by atoms with van der Waals surface area (Å²) in [6, 6.07) is 1.10. The molecule has 1 N–H and O–H groups in total. The van der Waals surface area contributed by atoms with Crippen LogP contribution in [0.4, 0.5) is 0 Å². The van der Waals surface area contributed by atoms with E-state index < -0.39 is 0 Å². The van der Waals surface area contributed by atoms with Gasteiger partial charge in [0.25, 0.3) is 0 Å². The lowest BCUT2D eigenvalue weighted by molar-refractivity contribution is 0.160. The Labute approximate surface area is 106 Å². The fourth-order valence-electron chi connectivity index (χ4n) is 2.30.